The van der Waals surface area contributed by atoms with Crippen LogP contribution in [-0.2, 0) is 21.4 Å². The number of furan rings is 1. The van der Waals surface area contributed by atoms with Gasteiger partial charge in [-0.1, -0.05) is 18.0 Å². The summed E-state index contributed by atoms with van der Waals surface area (Å²) in [6.07, 6.45) is 7.27. The number of carbonyl (C=O) groups excluding carboxylic acids is 1. The van der Waals surface area contributed by atoms with E-state index in [1.807, 2.05) is 0 Å². The molecule has 176 valence electrons. The molecule has 2 fully saturated rings. The molecule has 5 rings (SSSR count). The molecule has 2 aliphatic rings. The van der Waals surface area contributed by atoms with Gasteiger partial charge in [-0.15, -0.1) is 11.3 Å². The van der Waals surface area contributed by atoms with Crippen molar-refractivity contribution in [2.24, 2.45) is 5.92 Å². The summed E-state index contributed by atoms with van der Waals surface area (Å²) in [4.78, 5) is 17.1. The number of nitrogens with zero attached hydrogens (tertiary/aromatic N) is 3. The van der Waals surface area contributed by atoms with Crippen LogP contribution in [0.3, 0.4) is 0 Å². The van der Waals surface area contributed by atoms with Gasteiger partial charge in [0.1, 0.15) is 9.97 Å². The summed E-state index contributed by atoms with van der Waals surface area (Å²) in [6, 6.07) is 5.15. The summed E-state index contributed by atoms with van der Waals surface area (Å²) in [5.74, 6) is 1.46. The monoisotopic (exact) mass is 490 g/mol. The average Bonchev–Trinajstić information content (AvgIpc) is 3.64. The van der Waals surface area contributed by atoms with Gasteiger partial charge in [-0.2, -0.15) is 9.29 Å². The topological polar surface area (TPSA) is 119 Å². The van der Waals surface area contributed by atoms with Crippen molar-refractivity contribution in [3.05, 3.63) is 41.5 Å². The zero-order valence-corrected chi connectivity index (χ0v) is 19.7. The Bertz CT molecular complexity index is 1200. The zero-order chi connectivity index (χ0) is 22.8. The molecule has 3 aromatic rings. The van der Waals surface area contributed by atoms with Crippen LogP contribution in [0.2, 0.25) is 0 Å². The molecule has 1 N–H and O–H groups in total. The molecule has 1 aliphatic heterocycles. The van der Waals surface area contributed by atoms with Crippen LogP contribution in [0.25, 0.3) is 11.4 Å². The van der Waals surface area contributed by atoms with E-state index in [1.54, 1.807) is 29.8 Å². The fourth-order valence-electron chi connectivity index (χ4n) is 4.49. The highest BCUT2D eigenvalue weighted by Gasteiger charge is 2.34. The standard InChI is InChI=1S/C22H26N4O5S2/c27-21(23-12-18-8-4-10-30-18)16-7-3-9-26(13-16)33(28,29)19-11-17(14-32-19)20-24-22(31-25-20)15-5-1-2-6-15/h4,8,10-11,14-16H,1-3,5-7,9,12-13H2,(H,23,27)/t16-/m0/s1. The van der Waals surface area contributed by atoms with Crippen molar-refractivity contribution in [1.82, 2.24) is 19.8 Å². The van der Waals surface area contributed by atoms with E-state index in [2.05, 4.69) is 15.5 Å². The minimum Gasteiger partial charge on any atom is -0.467 e. The lowest BCUT2D eigenvalue weighted by Gasteiger charge is -2.30. The van der Waals surface area contributed by atoms with Gasteiger partial charge in [0, 0.05) is 30.0 Å². The van der Waals surface area contributed by atoms with E-state index in [-0.39, 0.29) is 23.2 Å². The second kappa shape index (κ2) is 9.40. The Kier molecular flexibility index (Phi) is 6.35. The summed E-state index contributed by atoms with van der Waals surface area (Å²) >= 11 is 1.14. The molecule has 0 spiro atoms. The van der Waals surface area contributed by atoms with Crippen LogP contribution in [0, 0.1) is 5.92 Å². The number of nitrogens with one attached hydrogen (secondary N) is 1. The minimum atomic E-state index is -3.72. The highest BCUT2D eigenvalue weighted by molar-refractivity contribution is 7.91. The van der Waals surface area contributed by atoms with E-state index in [1.165, 1.54) is 17.1 Å². The lowest BCUT2D eigenvalue weighted by molar-refractivity contribution is -0.126. The first-order chi connectivity index (χ1) is 16.0. The summed E-state index contributed by atoms with van der Waals surface area (Å²) < 4.78 is 38.9. The molecule has 9 nitrogen and oxygen atoms in total. The maximum absolute atomic E-state index is 13.3. The first-order valence-corrected chi connectivity index (χ1v) is 13.6. The number of hydrogen-bond donors (Lipinski definition) is 1. The highest BCUT2D eigenvalue weighted by Crippen LogP contribution is 2.35. The third-order valence-corrected chi connectivity index (χ3v) is 9.63. The Balaban J connectivity index is 1.25. The molecular weight excluding hydrogens is 464 g/mol. The van der Waals surface area contributed by atoms with Crippen molar-refractivity contribution in [1.29, 1.82) is 0 Å². The molecule has 1 saturated heterocycles. The molecule has 1 atom stereocenters. The molecule has 11 heteroatoms. The van der Waals surface area contributed by atoms with Gasteiger partial charge < -0.3 is 14.3 Å². The molecule has 0 bridgehead atoms. The summed E-state index contributed by atoms with van der Waals surface area (Å²) in [5.41, 5.74) is 0.635. The van der Waals surface area contributed by atoms with Crippen molar-refractivity contribution < 1.29 is 22.2 Å². The molecule has 0 radical (unpaired) electrons. The van der Waals surface area contributed by atoms with Crippen LogP contribution in [0.1, 0.15) is 56.1 Å². The molecule has 1 saturated carbocycles. The van der Waals surface area contributed by atoms with Crippen molar-refractivity contribution in [2.75, 3.05) is 13.1 Å². The smallest absolute Gasteiger partial charge is 0.252 e. The Morgan fingerprint density at radius 3 is 2.88 bits per heavy atom. The molecule has 33 heavy (non-hydrogen) atoms. The quantitative estimate of drug-likeness (QED) is 0.535. The van der Waals surface area contributed by atoms with E-state index in [0.29, 0.717) is 48.3 Å². The first-order valence-electron chi connectivity index (χ1n) is 11.2. The first kappa shape index (κ1) is 22.3. The Morgan fingerprint density at radius 1 is 1.24 bits per heavy atom. The van der Waals surface area contributed by atoms with Crippen LogP contribution in [0.5, 0.6) is 0 Å². The lowest BCUT2D eigenvalue weighted by Crippen LogP contribution is -2.45. The number of carbonyl (C=O) groups is 1. The number of piperidine rings is 1. The fraction of sp³-hybridized carbons (Fsp3) is 0.500. The van der Waals surface area contributed by atoms with Crippen LogP contribution in [0.15, 0.2) is 43.0 Å². The number of rotatable bonds is 7. The van der Waals surface area contributed by atoms with Gasteiger partial charge >= 0.3 is 0 Å². The highest BCUT2D eigenvalue weighted by atomic mass is 32.2. The molecular formula is C22H26N4O5S2. The van der Waals surface area contributed by atoms with Gasteiger partial charge in [0.25, 0.3) is 10.0 Å². The van der Waals surface area contributed by atoms with Crippen LogP contribution < -0.4 is 5.32 Å². The Hall–Kier alpha value is -2.50. The molecule has 3 aromatic heterocycles. The summed E-state index contributed by atoms with van der Waals surface area (Å²) in [5, 5.41) is 8.65. The van der Waals surface area contributed by atoms with Crippen molar-refractivity contribution >= 4 is 27.3 Å². The number of amides is 1. The molecule has 1 aliphatic carbocycles. The third kappa shape index (κ3) is 4.75. The number of hydrogen-bond acceptors (Lipinski definition) is 8. The van der Waals surface area contributed by atoms with E-state index in [0.717, 1.165) is 24.2 Å². The van der Waals surface area contributed by atoms with Gasteiger partial charge in [0.15, 0.2) is 0 Å². The van der Waals surface area contributed by atoms with Gasteiger partial charge in [-0.05, 0) is 43.9 Å². The third-order valence-electron chi connectivity index (χ3n) is 6.35. The van der Waals surface area contributed by atoms with Crippen molar-refractivity contribution in [3.8, 4) is 11.4 Å². The number of thiophene rings is 1. The van der Waals surface area contributed by atoms with Crippen molar-refractivity contribution in [2.45, 2.75) is 55.2 Å². The van der Waals surface area contributed by atoms with Crippen LogP contribution >= 0.6 is 11.3 Å². The van der Waals surface area contributed by atoms with Gasteiger partial charge in [0.2, 0.25) is 17.6 Å². The maximum Gasteiger partial charge on any atom is 0.252 e. The maximum atomic E-state index is 13.3. The molecule has 0 aromatic carbocycles. The van der Waals surface area contributed by atoms with E-state index >= 15 is 0 Å². The Morgan fingerprint density at radius 2 is 2.09 bits per heavy atom. The predicted octanol–water partition coefficient (Wildman–Crippen LogP) is 3.77. The summed E-state index contributed by atoms with van der Waals surface area (Å²) in [7, 11) is -3.72. The number of sulfonamides is 1. The number of aromatic nitrogens is 2. The second-order valence-electron chi connectivity index (χ2n) is 8.59. The van der Waals surface area contributed by atoms with Crippen LogP contribution in [-0.4, -0.2) is 41.9 Å². The molecule has 1 amide bonds. The molecule has 0 unspecified atom stereocenters. The minimum absolute atomic E-state index is 0.160. The second-order valence-corrected chi connectivity index (χ2v) is 11.7. The van der Waals surface area contributed by atoms with Crippen molar-refractivity contribution in [3.63, 3.8) is 0 Å². The van der Waals surface area contributed by atoms with Gasteiger partial charge in [-0.25, -0.2) is 8.42 Å². The predicted molar refractivity (Wildman–Crippen MR) is 121 cm³/mol. The van der Waals surface area contributed by atoms with Gasteiger partial charge in [-0.3, -0.25) is 4.79 Å². The van der Waals surface area contributed by atoms with E-state index in [9.17, 15) is 13.2 Å². The average molecular weight is 491 g/mol. The molecule has 4 heterocycles. The largest absolute Gasteiger partial charge is 0.467 e. The van der Waals surface area contributed by atoms with Gasteiger partial charge in [0.05, 0.1) is 18.7 Å². The fourth-order valence-corrected chi connectivity index (χ4v) is 7.33. The summed E-state index contributed by atoms with van der Waals surface area (Å²) in [6.45, 7) is 0.843. The van der Waals surface area contributed by atoms with E-state index < -0.39 is 15.9 Å². The SMILES string of the molecule is O=C(NCc1ccco1)[C@H]1CCCN(S(=O)(=O)c2cc(-c3noc(C4CCCC4)n3)cs2)C1. The Labute approximate surface area is 196 Å². The lowest BCUT2D eigenvalue weighted by atomic mass is 9.99. The zero-order valence-electron chi connectivity index (χ0n) is 18.1. The van der Waals surface area contributed by atoms with E-state index in [4.69, 9.17) is 8.94 Å². The normalized spacial score (nSPS) is 20.3. The van der Waals surface area contributed by atoms with Crippen LogP contribution in [0.4, 0.5) is 0 Å².